The van der Waals surface area contributed by atoms with Gasteiger partial charge in [-0.2, -0.15) is 0 Å². The fourth-order valence-corrected chi connectivity index (χ4v) is 5.51. The van der Waals surface area contributed by atoms with Gasteiger partial charge < -0.3 is 14.8 Å². The van der Waals surface area contributed by atoms with Crippen molar-refractivity contribution < 1.29 is 13.6 Å². The van der Waals surface area contributed by atoms with E-state index in [4.69, 9.17) is 0 Å². The highest BCUT2D eigenvalue weighted by atomic mass is 19.1. The van der Waals surface area contributed by atoms with Gasteiger partial charge in [0.15, 0.2) is 11.6 Å². The number of carbonyl (C=O) groups excluding carboxylic acids is 1. The third kappa shape index (κ3) is 5.25. The van der Waals surface area contributed by atoms with Crippen LogP contribution in [0.3, 0.4) is 0 Å². The van der Waals surface area contributed by atoms with Gasteiger partial charge in [0.05, 0.1) is 18.3 Å². The molecule has 1 amide bonds. The number of pyridine rings is 1. The highest BCUT2D eigenvalue weighted by molar-refractivity contribution is 5.83. The van der Waals surface area contributed by atoms with Gasteiger partial charge in [-0.3, -0.25) is 9.69 Å². The van der Waals surface area contributed by atoms with Crippen LogP contribution in [0.25, 0.3) is 22.3 Å². The van der Waals surface area contributed by atoms with E-state index in [1.54, 1.807) is 12.3 Å². The molecule has 4 aromatic rings. The van der Waals surface area contributed by atoms with Crippen LogP contribution >= 0.6 is 0 Å². The number of aryl methyl sites for hydroxylation is 1. The number of piperazine rings is 1. The molecular weight excluding hydrogens is 514 g/mol. The molecule has 210 valence electrons. The second-order valence-corrected chi connectivity index (χ2v) is 10.3. The maximum atomic E-state index is 15.0. The first-order valence-corrected chi connectivity index (χ1v) is 13.7. The summed E-state index contributed by atoms with van der Waals surface area (Å²) >= 11 is 0. The van der Waals surface area contributed by atoms with Gasteiger partial charge in [0, 0.05) is 43.5 Å². The Labute approximate surface area is 232 Å². The van der Waals surface area contributed by atoms with Gasteiger partial charge in [0.1, 0.15) is 22.9 Å². The molecule has 0 radical (unpaired) electrons. The molecule has 0 saturated carbocycles. The number of carbonyl (C=O) groups is 1. The topological polar surface area (TPSA) is 92.1 Å². The van der Waals surface area contributed by atoms with E-state index in [9.17, 15) is 9.18 Å². The van der Waals surface area contributed by atoms with Crippen LogP contribution in [0.5, 0.6) is 0 Å². The molecule has 0 aliphatic carbocycles. The number of nitrogens with one attached hydrogen (secondary N) is 1. The van der Waals surface area contributed by atoms with Gasteiger partial charge in [-0.15, -0.1) is 0 Å². The van der Waals surface area contributed by atoms with Crippen molar-refractivity contribution in [1.82, 2.24) is 34.3 Å². The highest BCUT2D eigenvalue weighted by Gasteiger charge is 2.28. The molecule has 1 fully saturated rings. The Kier molecular flexibility index (Phi) is 7.75. The lowest BCUT2D eigenvalue weighted by molar-refractivity contribution is -0.136. The summed E-state index contributed by atoms with van der Waals surface area (Å²) < 4.78 is 31.8. The van der Waals surface area contributed by atoms with E-state index >= 15 is 4.39 Å². The molecule has 1 N–H and O–H groups in total. The Hall–Kier alpha value is -3.99. The summed E-state index contributed by atoms with van der Waals surface area (Å²) in [5.74, 6) is 0.246. The number of benzene rings is 1. The maximum absolute atomic E-state index is 15.0. The zero-order chi connectivity index (χ0) is 28.6. The molecule has 5 rings (SSSR count). The maximum Gasteiger partial charge on any atom is 0.236 e. The van der Waals surface area contributed by atoms with Crippen LogP contribution in [0, 0.1) is 18.6 Å². The first kappa shape index (κ1) is 27.6. The number of fused-ring (bicyclic) bond motifs is 1. The normalized spacial score (nSPS) is 15.3. The second kappa shape index (κ2) is 11.2. The molecule has 1 aliphatic heterocycles. The van der Waals surface area contributed by atoms with Crippen LogP contribution in [0.1, 0.15) is 57.6 Å². The average molecular weight is 549 g/mol. The third-order valence-electron chi connectivity index (χ3n) is 7.43. The van der Waals surface area contributed by atoms with E-state index in [2.05, 4.69) is 37.1 Å². The summed E-state index contributed by atoms with van der Waals surface area (Å²) in [6.07, 6.45) is 3.68. The SMILES string of the molecule is CC[C@H](c1ccc(Nc2ncc(F)c(-c3cc(F)c4nc(C)n(C(C)C)c4c3)n2)nc1)N1CCN(CC)C(=O)C1. The largest absolute Gasteiger partial charge is 0.341 e. The van der Waals surface area contributed by atoms with Crippen LogP contribution in [0.15, 0.2) is 36.7 Å². The lowest BCUT2D eigenvalue weighted by Gasteiger charge is -2.38. The van der Waals surface area contributed by atoms with Crippen LogP contribution in [0.4, 0.5) is 20.5 Å². The number of rotatable bonds is 8. The van der Waals surface area contributed by atoms with E-state index in [1.807, 2.05) is 49.3 Å². The molecule has 1 aromatic carbocycles. The Morgan fingerprint density at radius 1 is 1.02 bits per heavy atom. The lowest BCUT2D eigenvalue weighted by Crippen LogP contribution is -2.51. The van der Waals surface area contributed by atoms with E-state index in [0.29, 0.717) is 29.3 Å². The molecule has 0 unspecified atom stereocenters. The molecular formula is C29H34F2N8O. The highest BCUT2D eigenvalue weighted by Crippen LogP contribution is 2.31. The summed E-state index contributed by atoms with van der Waals surface area (Å²) in [5.41, 5.74) is 2.10. The number of anilines is 2. The van der Waals surface area contributed by atoms with Gasteiger partial charge in [-0.1, -0.05) is 13.0 Å². The number of amides is 1. The number of aromatic nitrogens is 5. The third-order valence-corrected chi connectivity index (χ3v) is 7.43. The average Bonchev–Trinajstić information content (AvgIpc) is 3.28. The molecule has 3 aromatic heterocycles. The van der Waals surface area contributed by atoms with Crippen LogP contribution in [-0.4, -0.2) is 66.4 Å². The second-order valence-electron chi connectivity index (χ2n) is 10.3. The number of hydrogen-bond acceptors (Lipinski definition) is 7. The molecule has 1 saturated heterocycles. The molecule has 1 aliphatic rings. The van der Waals surface area contributed by atoms with E-state index < -0.39 is 11.6 Å². The van der Waals surface area contributed by atoms with Gasteiger partial charge in [-0.25, -0.2) is 28.7 Å². The van der Waals surface area contributed by atoms with Crippen molar-refractivity contribution in [2.75, 3.05) is 31.5 Å². The first-order valence-electron chi connectivity index (χ1n) is 13.7. The predicted octanol–water partition coefficient (Wildman–Crippen LogP) is 5.41. The van der Waals surface area contributed by atoms with Crippen molar-refractivity contribution in [3.8, 4) is 11.3 Å². The number of nitrogens with zero attached hydrogens (tertiary/aromatic N) is 7. The van der Waals surface area contributed by atoms with Crippen molar-refractivity contribution in [1.29, 1.82) is 0 Å². The van der Waals surface area contributed by atoms with E-state index in [-0.39, 0.29) is 35.1 Å². The number of imidazole rings is 1. The Morgan fingerprint density at radius 2 is 1.82 bits per heavy atom. The minimum Gasteiger partial charge on any atom is -0.341 e. The minimum atomic E-state index is -0.663. The number of halogens is 2. The van der Waals surface area contributed by atoms with Gasteiger partial charge >= 0.3 is 0 Å². The van der Waals surface area contributed by atoms with Crippen LogP contribution < -0.4 is 5.32 Å². The van der Waals surface area contributed by atoms with E-state index in [1.165, 1.54) is 6.07 Å². The summed E-state index contributed by atoms with van der Waals surface area (Å²) in [5, 5.41) is 3.03. The van der Waals surface area contributed by atoms with E-state index in [0.717, 1.165) is 37.8 Å². The van der Waals surface area contributed by atoms with Gasteiger partial charge in [0.25, 0.3) is 0 Å². The Morgan fingerprint density at radius 3 is 2.48 bits per heavy atom. The number of hydrogen-bond donors (Lipinski definition) is 1. The van der Waals surface area contributed by atoms with Crippen LogP contribution in [-0.2, 0) is 4.79 Å². The van der Waals surface area contributed by atoms with Crippen molar-refractivity contribution in [2.45, 2.75) is 53.1 Å². The fourth-order valence-electron chi connectivity index (χ4n) is 5.51. The van der Waals surface area contributed by atoms with Crippen molar-refractivity contribution >= 4 is 28.7 Å². The predicted molar refractivity (Wildman–Crippen MR) is 150 cm³/mol. The fraction of sp³-hybridized carbons (Fsp3) is 0.414. The lowest BCUT2D eigenvalue weighted by atomic mass is 10.0. The zero-order valence-electron chi connectivity index (χ0n) is 23.4. The summed E-state index contributed by atoms with van der Waals surface area (Å²) in [7, 11) is 0. The van der Waals surface area contributed by atoms with Gasteiger partial charge in [0.2, 0.25) is 11.9 Å². The minimum absolute atomic E-state index is 0.0222. The van der Waals surface area contributed by atoms with Crippen molar-refractivity contribution in [2.24, 2.45) is 0 Å². The summed E-state index contributed by atoms with van der Waals surface area (Å²) in [6, 6.07) is 6.85. The zero-order valence-corrected chi connectivity index (χ0v) is 23.4. The standard InChI is InChI=1S/C29H34F2N8O/c1-6-23(38-11-10-37(7-2)26(40)16-38)19-8-9-25(32-14-19)35-29-33-15-22(31)27(36-29)20-12-21(30)28-24(13-20)39(17(3)4)18(5)34-28/h8-9,12-15,17,23H,6-7,10-11,16H2,1-5H3,(H,32,33,35,36)/t23-/m1/s1. The van der Waals surface area contributed by atoms with Gasteiger partial charge in [-0.05, 0) is 57.9 Å². The molecule has 1 atom stereocenters. The summed E-state index contributed by atoms with van der Waals surface area (Å²) in [6.45, 7) is 12.5. The molecule has 4 heterocycles. The first-order chi connectivity index (χ1) is 19.2. The molecule has 40 heavy (non-hydrogen) atoms. The molecule has 11 heteroatoms. The number of likely N-dealkylation sites (N-methyl/N-ethyl adjacent to an activating group) is 1. The quantitative estimate of drug-likeness (QED) is 0.315. The molecule has 0 spiro atoms. The monoisotopic (exact) mass is 548 g/mol. The van der Waals surface area contributed by atoms with Crippen molar-refractivity contribution in [3.63, 3.8) is 0 Å². The van der Waals surface area contributed by atoms with Crippen molar-refractivity contribution in [3.05, 3.63) is 59.7 Å². The van der Waals surface area contributed by atoms with Crippen LogP contribution in [0.2, 0.25) is 0 Å². The Bertz CT molecular complexity index is 1540. The molecule has 0 bridgehead atoms. The summed E-state index contributed by atoms with van der Waals surface area (Å²) in [4.78, 5) is 33.8. The molecule has 9 nitrogen and oxygen atoms in total. The Balaban J connectivity index is 1.38. The smallest absolute Gasteiger partial charge is 0.236 e.